The molecule has 2 aromatic carbocycles. The topological polar surface area (TPSA) is 96.5 Å². The SMILES string of the molecule is N#Cc1c(NC(=O)c2ccccc2Cl)n(CCc2ccncc2)c2nc3ccccc3nc12. The molecule has 0 radical (unpaired) electrons. The fraction of sp³-hybridized carbons (Fsp3) is 0.0800. The van der Waals surface area contributed by atoms with Gasteiger partial charge in [0.05, 0.1) is 21.6 Å². The Labute approximate surface area is 194 Å². The van der Waals surface area contributed by atoms with Gasteiger partial charge in [-0.05, 0) is 48.4 Å². The van der Waals surface area contributed by atoms with Gasteiger partial charge in [-0.2, -0.15) is 5.26 Å². The summed E-state index contributed by atoms with van der Waals surface area (Å²) in [5, 5.41) is 13.2. The first-order valence-electron chi connectivity index (χ1n) is 10.3. The van der Waals surface area contributed by atoms with Crippen LogP contribution in [-0.2, 0) is 13.0 Å². The zero-order chi connectivity index (χ0) is 22.8. The van der Waals surface area contributed by atoms with Crippen molar-refractivity contribution in [2.45, 2.75) is 13.0 Å². The number of rotatable bonds is 5. The lowest BCUT2D eigenvalue weighted by Crippen LogP contribution is -2.17. The van der Waals surface area contributed by atoms with Crippen LogP contribution in [0.2, 0.25) is 5.02 Å². The molecule has 5 aromatic rings. The molecule has 0 aliphatic heterocycles. The number of amides is 1. The van der Waals surface area contributed by atoms with E-state index in [-0.39, 0.29) is 5.56 Å². The second kappa shape index (κ2) is 8.69. The molecule has 0 fully saturated rings. The molecule has 1 N–H and O–H groups in total. The number of hydrogen-bond acceptors (Lipinski definition) is 5. The smallest absolute Gasteiger partial charge is 0.258 e. The summed E-state index contributed by atoms with van der Waals surface area (Å²) in [6.45, 7) is 0.480. The van der Waals surface area contributed by atoms with E-state index in [0.29, 0.717) is 51.6 Å². The second-order valence-corrected chi connectivity index (χ2v) is 7.82. The van der Waals surface area contributed by atoms with Gasteiger partial charge in [0.15, 0.2) is 5.65 Å². The highest BCUT2D eigenvalue weighted by atomic mass is 35.5. The number of nitriles is 1. The highest BCUT2D eigenvalue weighted by Gasteiger charge is 2.23. The molecule has 0 spiro atoms. The predicted molar refractivity (Wildman–Crippen MR) is 127 cm³/mol. The molecular weight excluding hydrogens is 436 g/mol. The maximum atomic E-state index is 13.1. The Morgan fingerprint density at radius 2 is 1.70 bits per heavy atom. The van der Waals surface area contributed by atoms with Gasteiger partial charge in [-0.15, -0.1) is 0 Å². The molecule has 1 amide bonds. The van der Waals surface area contributed by atoms with Crippen molar-refractivity contribution in [2.24, 2.45) is 0 Å². The number of para-hydroxylation sites is 2. The molecule has 160 valence electrons. The quantitative estimate of drug-likeness (QED) is 0.404. The molecule has 0 aliphatic rings. The number of carbonyl (C=O) groups excluding carboxylic acids is 1. The number of halogens is 1. The van der Waals surface area contributed by atoms with E-state index in [4.69, 9.17) is 16.6 Å². The molecule has 3 aromatic heterocycles. The van der Waals surface area contributed by atoms with Crippen LogP contribution in [-0.4, -0.2) is 25.4 Å². The average molecular weight is 453 g/mol. The van der Waals surface area contributed by atoms with Crippen LogP contribution in [0, 0.1) is 11.3 Å². The number of fused-ring (bicyclic) bond motifs is 2. The lowest BCUT2D eigenvalue weighted by Gasteiger charge is -2.12. The summed E-state index contributed by atoms with van der Waals surface area (Å²) >= 11 is 6.23. The molecule has 0 atom stereocenters. The van der Waals surface area contributed by atoms with Crippen LogP contribution in [0.15, 0.2) is 73.1 Å². The standard InChI is InChI=1S/C25H17ClN6O/c26-19-6-2-1-5-17(19)25(33)31-23-18(15-27)22-24(30-21-8-4-3-7-20(21)29-22)32(23)14-11-16-9-12-28-13-10-16/h1-10,12-13H,11,14H2,(H,31,33). The summed E-state index contributed by atoms with van der Waals surface area (Å²) < 4.78 is 1.84. The van der Waals surface area contributed by atoms with Crippen molar-refractivity contribution in [3.63, 3.8) is 0 Å². The molecular formula is C25H17ClN6O. The van der Waals surface area contributed by atoms with Crippen molar-refractivity contribution < 1.29 is 4.79 Å². The third kappa shape index (κ3) is 3.88. The summed E-state index contributed by atoms with van der Waals surface area (Å²) in [7, 11) is 0. The summed E-state index contributed by atoms with van der Waals surface area (Å²) in [6.07, 6.45) is 4.12. The minimum Gasteiger partial charge on any atom is -0.309 e. The molecule has 0 saturated heterocycles. The minimum absolute atomic E-state index is 0.262. The largest absolute Gasteiger partial charge is 0.309 e. The molecule has 7 nitrogen and oxygen atoms in total. The number of hydrogen-bond donors (Lipinski definition) is 1. The van der Waals surface area contributed by atoms with Crippen molar-refractivity contribution in [3.05, 3.63) is 94.8 Å². The van der Waals surface area contributed by atoms with Crippen molar-refractivity contribution in [1.82, 2.24) is 19.5 Å². The fourth-order valence-electron chi connectivity index (χ4n) is 3.76. The highest BCUT2D eigenvalue weighted by Crippen LogP contribution is 2.30. The van der Waals surface area contributed by atoms with Gasteiger partial charge in [0, 0.05) is 18.9 Å². The molecule has 3 heterocycles. The number of aryl methyl sites for hydroxylation is 2. The second-order valence-electron chi connectivity index (χ2n) is 7.41. The summed E-state index contributed by atoms with van der Waals surface area (Å²) in [4.78, 5) is 26.6. The Morgan fingerprint density at radius 1 is 1.00 bits per heavy atom. The maximum Gasteiger partial charge on any atom is 0.258 e. The Hall–Kier alpha value is -4.28. The first kappa shape index (κ1) is 20.6. The van der Waals surface area contributed by atoms with Crippen molar-refractivity contribution in [1.29, 1.82) is 5.26 Å². The van der Waals surface area contributed by atoms with Crippen LogP contribution in [0.25, 0.3) is 22.2 Å². The molecule has 5 rings (SSSR count). The van der Waals surface area contributed by atoms with Gasteiger partial charge in [-0.1, -0.05) is 35.9 Å². The number of aromatic nitrogens is 4. The van der Waals surface area contributed by atoms with Crippen molar-refractivity contribution >= 4 is 45.5 Å². The van der Waals surface area contributed by atoms with Crippen LogP contribution in [0.3, 0.4) is 0 Å². The normalized spacial score (nSPS) is 10.9. The molecule has 8 heteroatoms. The van der Waals surface area contributed by atoms with E-state index in [1.165, 1.54) is 0 Å². The summed E-state index contributed by atoms with van der Waals surface area (Å²) in [5.41, 5.74) is 4.02. The molecule has 33 heavy (non-hydrogen) atoms. The lowest BCUT2D eigenvalue weighted by atomic mass is 10.2. The number of anilines is 1. The van der Waals surface area contributed by atoms with E-state index in [9.17, 15) is 10.1 Å². The number of carbonyl (C=O) groups is 1. The third-order valence-electron chi connectivity index (χ3n) is 5.39. The van der Waals surface area contributed by atoms with E-state index in [2.05, 4.69) is 21.4 Å². The Bertz CT molecular complexity index is 1540. The Morgan fingerprint density at radius 3 is 2.42 bits per heavy atom. The van der Waals surface area contributed by atoms with E-state index in [1.54, 1.807) is 36.7 Å². The number of nitrogens with one attached hydrogen (secondary N) is 1. The van der Waals surface area contributed by atoms with Crippen LogP contribution < -0.4 is 5.32 Å². The predicted octanol–water partition coefficient (Wildman–Crippen LogP) is 5.00. The van der Waals surface area contributed by atoms with E-state index in [0.717, 1.165) is 5.56 Å². The highest BCUT2D eigenvalue weighted by molar-refractivity contribution is 6.34. The van der Waals surface area contributed by atoms with Crippen LogP contribution in [0.1, 0.15) is 21.5 Å². The average Bonchev–Trinajstić information content (AvgIpc) is 3.13. The fourth-order valence-corrected chi connectivity index (χ4v) is 3.99. The van der Waals surface area contributed by atoms with Crippen LogP contribution in [0.5, 0.6) is 0 Å². The number of benzene rings is 2. The molecule has 0 bridgehead atoms. The van der Waals surface area contributed by atoms with Gasteiger partial charge in [-0.25, -0.2) is 9.97 Å². The molecule has 0 saturated carbocycles. The summed E-state index contributed by atoms with van der Waals surface area (Å²) in [5.74, 6) is -0.0589. The monoisotopic (exact) mass is 452 g/mol. The third-order valence-corrected chi connectivity index (χ3v) is 5.72. The molecule has 0 aliphatic carbocycles. The van der Waals surface area contributed by atoms with E-state index < -0.39 is 5.91 Å². The van der Waals surface area contributed by atoms with Crippen molar-refractivity contribution in [2.75, 3.05) is 5.32 Å². The lowest BCUT2D eigenvalue weighted by molar-refractivity contribution is 0.102. The van der Waals surface area contributed by atoms with Crippen LogP contribution in [0.4, 0.5) is 5.82 Å². The zero-order valence-corrected chi connectivity index (χ0v) is 18.1. The Kier molecular flexibility index (Phi) is 5.43. The first-order chi connectivity index (χ1) is 16.2. The minimum atomic E-state index is -0.408. The van der Waals surface area contributed by atoms with Gasteiger partial charge < -0.3 is 9.88 Å². The van der Waals surface area contributed by atoms with Gasteiger partial charge in [-0.3, -0.25) is 9.78 Å². The van der Waals surface area contributed by atoms with Gasteiger partial charge in [0.25, 0.3) is 5.91 Å². The van der Waals surface area contributed by atoms with Gasteiger partial charge in [0.2, 0.25) is 0 Å². The van der Waals surface area contributed by atoms with Crippen LogP contribution >= 0.6 is 11.6 Å². The number of pyridine rings is 1. The van der Waals surface area contributed by atoms with Crippen molar-refractivity contribution in [3.8, 4) is 6.07 Å². The zero-order valence-electron chi connectivity index (χ0n) is 17.4. The van der Waals surface area contributed by atoms with Gasteiger partial charge >= 0.3 is 0 Å². The van der Waals surface area contributed by atoms with E-state index in [1.807, 2.05) is 41.0 Å². The maximum absolute atomic E-state index is 13.1. The summed E-state index contributed by atoms with van der Waals surface area (Å²) in [6, 6.07) is 20.3. The number of nitrogens with zero attached hydrogens (tertiary/aromatic N) is 5. The van der Waals surface area contributed by atoms with E-state index >= 15 is 0 Å². The first-order valence-corrected chi connectivity index (χ1v) is 10.7. The Balaban J connectivity index is 1.66. The molecule has 0 unspecified atom stereocenters. The van der Waals surface area contributed by atoms with Gasteiger partial charge in [0.1, 0.15) is 23.0 Å².